The Hall–Kier alpha value is -4.08. The first-order valence-corrected chi connectivity index (χ1v) is 10.7. The third-order valence-corrected chi connectivity index (χ3v) is 6.12. The number of hydrogen-bond acceptors (Lipinski definition) is 5. The molecule has 0 saturated carbocycles. The number of nitrogens with zero attached hydrogens (tertiary/aromatic N) is 1. The molecule has 0 bridgehead atoms. The highest BCUT2D eigenvalue weighted by Gasteiger charge is 2.39. The molecular formula is C24H19F2N3O5. The SMILES string of the molecule is O=C1CCC(N2Cc3cc(CNC(=O)C4=Cc5c(F)ccc(F)c5OC4)ccc3C2=O)C(=O)N1. The summed E-state index contributed by atoms with van der Waals surface area (Å²) in [5.74, 6) is -3.21. The molecule has 5 rings (SSSR count). The summed E-state index contributed by atoms with van der Waals surface area (Å²) in [6.07, 6.45) is 1.72. The molecule has 8 nitrogen and oxygen atoms in total. The predicted molar refractivity (Wildman–Crippen MR) is 114 cm³/mol. The van der Waals surface area contributed by atoms with Crippen molar-refractivity contribution in [2.45, 2.75) is 32.0 Å². The second-order valence-electron chi connectivity index (χ2n) is 8.30. The second-order valence-corrected chi connectivity index (χ2v) is 8.30. The molecule has 2 N–H and O–H groups in total. The van der Waals surface area contributed by atoms with Gasteiger partial charge in [-0.1, -0.05) is 12.1 Å². The van der Waals surface area contributed by atoms with Crippen LogP contribution in [0.1, 0.15) is 39.9 Å². The summed E-state index contributed by atoms with van der Waals surface area (Å²) in [7, 11) is 0. The molecule has 3 heterocycles. The van der Waals surface area contributed by atoms with Gasteiger partial charge in [0.05, 0.1) is 11.1 Å². The van der Waals surface area contributed by atoms with Crippen LogP contribution in [0.2, 0.25) is 0 Å². The molecule has 0 radical (unpaired) electrons. The maximum atomic E-state index is 14.0. The molecule has 0 aliphatic carbocycles. The largest absolute Gasteiger partial charge is 0.485 e. The first-order valence-electron chi connectivity index (χ1n) is 10.7. The van der Waals surface area contributed by atoms with Crippen LogP contribution in [0, 0.1) is 11.6 Å². The molecule has 174 valence electrons. The Bertz CT molecular complexity index is 1290. The topological polar surface area (TPSA) is 105 Å². The van der Waals surface area contributed by atoms with Crippen LogP contribution in [-0.4, -0.2) is 41.2 Å². The monoisotopic (exact) mass is 467 g/mol. The van der Waals surface area contributed by atoms with Gasteiger partial charge in [-0.15, -0.1) is 0 Å². The fourth-order valence-corrected chi connectivity index (χ4v) is 4.36. The number of amides is 4. The minimum atomic E-state index is -0.703. The molecular weight excluding hydrogens is 448 g/mol. The van der Waals surface area contributed by atoms with Crippen LogP contribution in [0.3, 0.4) is 0 Å². The Labute approximate surface area is 192 Å². The smallest absolute Gasteiger partial charge is 0.255 e. The highest BCUT2D eigenvalue weighted by molar-refractivity contribution is 6.05. The number of nitrogens with one attached hydrogen (secondary N) is 2. The van der Waals surface area contributed by atoms with E-state index in [1.165, 1.54) is 11.0 Å². The highest BCUT2D eigenvalue weighted by Crippen LogP contribution is 2.32. The molecule has 0 spiro atoms. The van der Waals surface area contributed by atoms with Gasteiger partial charge in [0.1, 0.15) is 18.5 Å². The van der Waals surface area contributed by atoms with Crippen LogP contribution in [0.25, 0.3) is 6.08 Å². The Morgan fingerprint density at radius 1 is 1.15 bits per heavy atom. The van der Waals surface area contributed by atoms with Gasteiger partial charge in [0.2, 0.25) is 11.8 Å². The summed E-state index contributed by atoms with van der Waals surface area (Å²) in [4.78, 5) is 50.4. The van der Waals surface area contributed by atoms with Crippen molar-refractivity contribution in [3.05, 3.63) is 69.8 Å². The van der Waals surface area contributed by atoms with Crippen LogP contribution < -0.4 is 15.4 Å². The normalized spacial score (nSPS) is 19.1. The van der Waals surface area contributed by atoms with E-state index >= 15 is 0 Å². The number of halogens is 2. The van der Waals surface area contributed by atoms with Gasteiger partial charge in [-0.25, -0.2) is 8.78 Å². The van der Waals surface area contributed by atoms with Gasteiger partial charge >= 0.3 is 0 Å². The third kappa shape index (κ3) is 3.81. The minimum Gasteiger partial charge on any atom is -0.485 e. The summed E-state index contributed by atoms with van der Waals surface area (Å²) < 4.78 is 33.0. The van der Waals surface area contributed by atoms with Gasteiger partial charge in [0.25, 0.3) is 11.8 Å². The summed E-state index contributed by atoms with van der Waals surface area (Å²) in [5.41, 5.74) is 1.95. The van der Waals surface area contributed by atoms with E-state index < -0.39 is 29.5 Å². The van der Waals surface area contributed by atoms with Crippen molar-refractivity contribution in [2.75, 3.05) is 6.61 Å². The van der Waals surface area contributed by atoms with Crippen molar-refractivity contribution >= 4 is 29.7 Å². The van der Waals surface area contributed by atoms with Gasteiger partial charge in [-0.2, -0.15) is 0 Å². The molecule has 1 atom stereocenters. The molecule has 1 unspecified atom stereocenters. The molecule has 1 fully saturated rings. The number of hydrogen-bond donors (Lipinski definition) is 2. The molecule has 2 aromatic rings. The number of piperidine rings is 1. The number of fused-ring (bicyclic) bond motifs is 2. The number of carbonyl (C=O) groups is 4. The third-order valence-electron chi connectivity index (χ3n) is 6.12. The Kier molecular flexibility index (Phi) is 5.35. The number of carbonyl (C=O) groups excluding carboxylic acids is 4. The maximum Gasteiger partial charge on any atom is 0.255 e. The molecule has 34 heavy (non-hydrogen) atoms. The van der Waals surface area contributed by atoms with Crippen molar-refractivity contribution in [2.24, 2.45) is 0 Å². The van der Waals surface area contributed by atoms with E-state index in [9.17, 15) is 28.0 Å². The summed E-state index contributed by atoms with van der Waals surface area (Å²) in [6, 6.07) is 6.34. The van der Waals surface area contributed by atoms with E-state index in [2.05, 4.69) is 10.6 Å². The minimum absolute atomic E-state index is 0.110. The van der Waals surface area contributed by atoms with Gasteiger partial charge in [0.15, 0.2) is 11.6 Å². The van der Waals surface area contributed by atoms with Gasteiger partial charge < -0.3 is 15.0 Å². The lowest BCUT2D eigenvalue weighted by molar-refractivity contribution is -0.137. The van der Waals surface area contributed by atoms with Crippen LogP contribution in [0.4, 0.5) is 8.78 Å². The number of rotatable bonds is 4. The summed E-state index contributed by atoms with van der Waals surface area (Å²) in [6.45, 7) is 0.163. The lowest BCUT2D eigenvalue weighted by Gasteiger charge is -2.29. The summed E-state index contributed by atoms with van der Waals surface area (Å²) >= 11 is 0. The quantitative estimate of drug-likeness (QED) is 0.668. The van der Waals surface area contributed by atoms with E-state index in [0.29, 0.717) is 11.1 Å². The van der Waals surface area contributed by atoms with Crippen molar-refractivity contribution in [3.63, 3.8) is 0 Å². The van der Waals surface area contributed by atoms with Crippen LogP contribution in [-0.2, 0) is 27.5 Å². The molecule has 10 heteroatoms. The Balaban J connectivity index is 1.26. The van der Waals surface area contributed by atoms with E-state index in [1.54, 1.807) is 18.2 Å². The molecule has 4 amide bonds. The zero-order chi connectivity index (χ0) is 24.0. The number of ether oxygens (including phenoxy) is 1. The first-order chi connectivity index (χ1) is 16.3. The Morgan fingerprint density at radius 2 is 1.94 bits per heavy atom. The first kappa shape index (κ1) is 21.7. The number of imide groups is 1. The van der Waals surface area contributed by atoms with Crippen LogP contribution in [0.15, 0.2) is 35.9 Å². The average molecular weight is 467 g/mol. The molecule has 1 saturated heterocycles. The molecule has 3 aliphatic rings. The average Bonchev–Trinajstić information content (AvgIpc) is 3.15. The fourth-order valence-electron chi connectivity index (χ4n) is 4.36. The van der Waals surface area contributed by atoms with Gasteiger partial charge in [-0.05, 0) is 41.8 Å². The zero-order valence-electron chi connectivity index (χ0n) is 17.8. The van der Waals surface area contributed by atoms with Crippen molar-refractivity contribution < 1.29 is 32.7 Å². The van der Waals surface area contributed by atoms with Crippen molar-refractivity contribution in [1.29, 1.82) is 0 Å². The van der Waals surface area contributed by atoms with Crippen molar-refractivity contribution in [3.8, 4) is 5.75 Å². The van der Waals surface area contributed by atoms with Gasteiger partial charge in [0, 0.05) is 25.1 Å². The van der Waals surface area contributed by atoms with E-state index in [-0.39, 0.29) is 61.2 Å². The Morgan fingerprint density at radius 3 is 2.74 bits per heavy atom. The number of benzene rings is 2. The maximum absolute atomic E-state index is 14.0. The summed E-state index contributed by atoms with van der Waals surface area (Å²) in [5, 5.41) is 4.98. The molecule has 3 aliphatic heterocycles. The standard InChI is InChI=1S/C24H19F2N3O5/c25-17-3-4-18(26)21-16(17)8-14(11-34-21)22(31)27-9-12-1-2-15-13(7-12)10-29(24(15)33)19-5-6-20(30)28-23(19)32/h1-4,7-8,19H,5-6,9-11H2,(H,27,31)(H,28,30,32). The van der Waals surface area contributed by atoms with Gasteiger partial charge in [-0.3, -0.25) is 24.5 Å². The lowest BCUT2D eigenvalue weighted by atomic mass is 10.0. The molecule has 0 aromatic heterocycles. The van der Waals surface area contributed by atoms with E-state index in [0.717, 1.165) is 17.7 Å². The second kappa shape index (κ2) is 8.36. The van der Waals surface area contributed by atoms with Crippen molar-refractivity contribution in [1.82, 2.24) is 15.5 Å². The molecule has 2 aromatic carbocycles. The predicted octanol–water partition coefficient (Wildman–Crippen LogP) is 1.82. The lowest BCUT2D eigenvalue weighted by Crippen LogP contribution is -2.52. The van der Waals surface area contributed by atoms with Crippen LogP contribution >= 0.6 is 0 Å². The van der Waals surface area contributed by atoms with E-state index in [1.807, 2.05) is 0 Å². The fraction of sp³-hybridized carbons (Fsp3) is 0.250. The zero-order valence-corrected chi connectivity index (χ0v) is 17.8. The van der Waals surface area contributed by atoms with E-state index in [4.69, 9.17) is 4.74 Å². The highest BCUT2D eigenvalue weighted by atomic mass is 19.1. The van der Waals surface area contributed by atoms with Crippen LogP contribution in [0.5, 0.6) is 5.75 Å².